The maximum Gasteiger partial charge on any atom is 0.455 e. The first-order chi connectivity index (χ1) is 13.4. The zero-order chi connectivity index (χ0) is 21.8. The van der Waals surface area contributed by atoms with Crippen LogP contribution in [0.2, 0.25) is 0 Å². The molecule has 0 aliphatic heterocycles. The van der Waals surface area contributed by atoms with Gasteiger partial charge in [0.1, 0.15) is 11.4 Å². The third kappa shape index (κ3) is 6.63. The quantitative estimate of drug-likeness (QED) is 0.392. The van der Waals surface area contributed by atoms with Gasteiger partial charge in [-0.3, -0.25) is 10.1 Å². The SMILES string of the molecule is CSc1ncc(C(=O)C(F)(F)F)c(Nc2cccc(NC(=O)OC(C)(C)C)c2)n1. The Morgan fingerprint density at radius 3 is 2.38 bits per heavy atom. The summed E-state index contributed by atoms with van der Waals surface area (Å²) in [6, 6.07) is 6.15. The van der Waals surface area contributed by atoms with Crippen molar-refractivity contribution in [1.82, 2.24) is 9.97 Å². The Morgan fingerprint density at radius 2 is 1.79 bits per heavy atom. The molecule has 0 aliphatic carbocycles. The standard InChI is InChI=1S/C18H19F3N4O3S/c1-17(2,3)28-16(27)24-11-7-5-6-10(8-11)23-14-12(13(26)18(19,20)21)9-22-15(25-14)29-4/h5-9H,1-4H3,(H,24,27)(H,22,23,25). The second-order valence-electron chi connectivity index (χ2n) is 6.78. The number of benzene rings is 1. The molecule has 0 radical (unpaired) electrons. The summed E-state index contributed by atoms with van der Waals surface area (Å²) in [5.41, 5.74) is -0.754. The Kier molecular flexibility index (Phi) is 6.73. The lowest BCUT2D eigenvalue weighted by Gasteiger charge is -2.20. The van der Waals surface area contributed by atoms with E-state index < -0.39 is 29.2 Å². The second kappa shape index (κ2) is 8.68. The number of amides is 1. The molecule has 29 heavy (non-hydrogen) atoms. The predicted octanol–water partition coefficient (Wildman–Crippen LogP) is 5.03. The molecular weight excluding hydrogens is 409 g/mol. The van der Waals surface area contributed by atoms with Crippen LogP contribution in [0.1, 0.15) is 31.1 Å². The Hall–Kier alpha value is -2.82. The first-order valence-electron chi connectivity index (χ1n) is 8.28. The van der Waals surface area contributed by atoms with Crippen LogP contribution in [-0.4, -0.2) is 39.9 Å². The van der Waals surface area contributed by atoms with Crippen molar-refractivity contribution in [2.45, 2.75) is 37.7 Å². The summed E-state index contributed by atoms with van der Waals surface area (Å²) in [6.07, 6.45) is -3.27. The molecule has 7 nitrogen and oxygen atoms in total. The van der Waals surface area contributed by atoms with Gasteiger partial charge in [0.25, 0.3) is 5.78 Å². The van der Waals surface area contributed by atoms with Crippen molar-refractivity contribution in [2.24, 2.45) is 0 Å². The fraction of sp³-hybridized carbons (Fsp3) is 0.333. The number of hydrogen-bond acceptors (Lipinski definition) is 7. The summed E-state index contributed by atoms with van der Waals surface area (Å²) in [5.74, 6) is -2.35. The molecule has 1 amide bonds. The summed E-state index contributed by atoms with van der Waals surface area (Å²) >= 11 is 1.11. The van der Waals surface area contributed by atoms with Gasteiger partial charge in [-0.2, -0.15) is 13.2 Å². The Bertz CT molecular complexity index is 914. The smallest absolute Gasteiger partial charge is 0.444 e. The summed E-state index contributed by atoms with van der Waals surface area (Å²) in [5, 5.41) is 5.40. The van der Waals surface area contributed by atoms with E-state index in [0.29, 0.717) is 11.4 Å². The van der Waals surface area contributed by atoms with Crippen LogP contribution in [-0.2, 0) is 4.74 Å². The minimum atomic E-state index is -5.07. The first-order valence-corrected chi connectivity index (χ1v) is 9.51. The topological polar surface area (TPSA) is 93.2 Å². The number of anilines is 3. The maximum absolute atomic E-state index is 12.9. The number of nitrogens with one attached hydrogen (secondary N) is 2. The lowest BCUT2D eigenvalue weighted by atomic mass is 10.2. The molecule has 0 saturated carbocycles. The van der Waals surface area contributed by atoms with E-state index >= 15 is 0 Å². The van der Waals surface area contributed by atoms with Crippen molar-refractivity contribution < 1.29 is 27.5 Å². The molecule has 1 aromatic heterocycles. The van der Waals surface area contributed by atoms with Crippen LogP contribution < -0.4 is 10.6 Å². The van der Waals surface area contributed by atoms with Gasteiger partial charge in [0, 0.05) is 17.6 Å². The van der Waals surface area contributed by atoms with Crippen LogP contribution in [0.25, 0.3) is 0 Å². The molecular formula is C18H19F3N4O3S. The highest BCUT2D eigenvalue weighted by Gasteiger charge is 2.41. The highest BCUT2D eigenvalue weighted by Crippen LogP contribution is 2.28. The molecule has 2 N–H and O–H groups in total. The number of carbonyl (C=O) groups is 2. The van der Waals surface area contributed by atoms with Crippen LogP contribution >= 0.6 is 11.8 Å². The lowest BCUT2D eigenvalue weighted by Crippen LogP contribution is -2.27. The predicted molar refractivity (Wildman–Crippen MR) is 104 cm³/mol. The van der Waals surface area contributed by atoms with Crippen molar-refractivity contribution in [3.63, 3.8) is 0 Å². The third-order valence-corrected chi connectivity index (χ3v) is 3.78. The van der Waals surface area contributed by atoms with Gasteiger partial charge in [-0.1, -0.05) is 17.8 Å². The number of alkyl halides is 3. The molecule has 0 bridgehead atoms. The van der Waals surface area contributed by atoms with Gasteiger partial charge in [-0.05, 0) is 45.2 Å². The molecule has 0 atom stereocenters. The number of nitrogens with zero attached hydrogens (tertiary/aromatic N) is 2. The zero-order valence-corrected chi connectivity index (χ0v) is 16.9. The number of ether oxygens (including phenoxy) is 1. The van der Waals surface area contributed by atoms with E-state index in [1.807, 2.05) is 0 Å². The second-order valence-corrected chi connectivity index (χ2v) is 7.55. The number of Topliss-reactive ketones (excluding diaryl/α,β-unsaturated/α-hetero) is 1. The van der Waals surface area contributed by atoms with Crippen molar-refractivity contribution in [1.29, 1.82) is 0 Å². The van der Waals surface area contributed by atoms with Gasteiger partial charge < -0.3 is 10.1 Å². The van der Waals surface area contributed by atoms with Crippen LogP contribution in [0.5, 0.6) is 0 Å². The van der Waals surface area contributed by atoms with Gasteiger partial charge >= 0.3 is 12.3 Å². The fourth-order valence-electron chi connectivity index (χ4n) is 2.11. The largest absolute Gasteiger partial charge is 0.455 e. The Labute approximate surface area is 169 Å². The van der Waals surface area contributed by atoms with E-state index in [-0.39, 0.29) is 11.0 Å². The maximum atomic E-state index is 12.9. The number of carbonyl (C=O) groups excluding carboxylic acids is 2. The van der Waals surface area contributed by atoms with Crippen LogP contribution in [0, 0.1) is 0 Å². The Balaban J connectivity index is 2.29. The number of aromatic nitrogens is 2. The van der Waals surface area contributed by atoms with Crippen LogP contribution in [0.3, 0.4) is 0 Å². The molecule has 0 saturated heterocycles. The molecule has 1 heterocycles. The molecule has 0 fully saturated rings. The summed E-state index contributed by atoms with van der Waals surface area (Å²) in [4.78, 5) is 31.3. The average Bonchev–Trinajstić information content (AvgIpc) is 2.59. The highest BCUT2D eigenvalue weighted by atomic mass is 32.2. The van der Waals surface area contributed by atoms with E-state index in [9.17, 15) is 22.8 Å². The molecule has 11 heteroatoms. The van der Waals surface area contributed by atoms with Crippen molar-refractivity contribution in [2.75, 3.05) is 16.9 Å². The molecule has 2 rings (SSSR count). The number of ketones is 1. The molecule has 1 aromatic carbocycles. The average molecular weight is 428 g/mol. The molecule has 0 unspecified atom stereocenters. The van der Waals surface area contributed by atoms with Gasteiger partial charge in [-0.25, -0.2) is 14.8 Å². The van der Waals surface area contributed by atoms with Crippen molar-refractivity contribution >= 4 is 40.8 Å². The lowest BCUT2D eigenvalue weighted by molar-refractivity contribution is -0.0885. The van der Waals surface area contributed by atoms with Gasteiger partial charge in [0.15, 0.2) is 5.16 Å². The third-order valence-electron chi connectivity index (χ3n) is 3.22. The minimum absolute atomic E-state index is 0.189. The molecule has 0 aliphatic rings. The van der Waals surface area contributed by atoms with E-state index in [0.717, 1.165) is 18.0 Å². The zero-order valence-electron chi connectivity index (χ0n) is 16.0. The molecule has 156 valence electrons. The number of halogens is 3. The highest BCUT2D eigenvalue weighted by molar-refractivity contribution is 7.98. The van der Waals surface area contributed by atoms with E-state index in [2.05, 4.69) is 20.6 Å². The van der Waals surface area contributed by atoms with Gasteiger partial charge in [0.2, 0.25) is 0 Å². The summed E-state index contributed by atoms with van der Waals surface area (Å²) in [6.45, 7) is 5.13. The summed E-state index contributed by atoms with van der Waals surface area (Å²) in [7, 11) is 0. The number of rotatable bonds is 5. The van der Waals surface area contributed by atoms with Gasteiger partial charge in [0.05, 0.1) is 5.56 Å². The van der Waals surface area contributed by atoms with Gasteiger partial charge in [-0.15, -0.1) is 0 Å². The van der Waals surface area contributed by atoms with E-state index in [4.69, 9.17) is 4.74 Å². The number of hydrogen-bond donors (Lipinski definition) is 2. The monoisotopic (exact) mass is 428 g/mol. The normalized spacial score (nSPS) is 11.7. The summed E-state index contributed by atoms with van der Waals surface area (Å²) < 4.78 is 43.8. The molecule has 0 spiro atoms. The van der Waals surface area contributed by atoms with E-state index in [1.54, 1.807) is 45.2 Å². The van der Waals surface area contributed by atoms with E-state index in [1.165, 1.54) is 6.07 Å². The van der Waals surface area contributed by atoms with Crippen molar-refractivity contribution in [3.05, 3.63) is 36.0 Å². The molecule has 2 aromatic rings. The number of thioether (sulfide) groups is 1. The minimum Gasteiger partial charge on any atom is -0.444 e. The fourth-order valence-corrected chi connectivity index (χ4v) is 2.45. The first kappa shape index (κ1) is 22.5. The Morgan fingerprint density at radius 1 is 1.14 bits per heavy atom. The van der Waals surface area contributed by atoms with Crippen molar-refractivity contribution in [3.8, 4) is 0 Å². The van der Waals surface area contributed by atoms with Crippen LogP contribution in [0.15, 0.2) is 35.6 Å². The van der Waals surface area contributed by atoms with Crippen LogP contribution in [0.4, 0.5) is 35.2 Å².